The van der Waals surface area contributed by atoms with Gasteiger partial charge in [-0.2, -0.15) is 0 Å². The molecule has 2 fully saturated rings. The topological polar surface area (TPSA) is 49.4 Å². The zero-order valence-electron chi connectivity index (χ0n) is 13.8. The Morgan fingerprint density at radius 1 is 1.35 bits per heavy atom. The van der Waals surface area contributed by atoms with E-state index in [0.29, 0.717) is 12.8 Å². The number of hydrogen-bond acceptors (Lipinski definition) is 3. The van der Waals surface area contributed by atoms with Crippen LogP contribution in [0.5, 0.6) is 0 Å². The first-order chi connectivity index (χ1) is 11.0. The van der Waals surface area contributed by atoms with Crippen LogP contribution in [0.1, 0.15) is 45.4 Å². The van der Waals surface area contributed by atoms with Gasteiger partial charge in [0.05, 0.1) is 0 Å². The molecule has 0 bridgehead atoms. The molecule has 1 aliphatic heterocycles. The standard InChI is InChI=1S/C18H24N2O2S/c1-18(17(22)19-13-6-3-4-7-13)11-10-16(21)20(18)14-8-5-9-15(12-14)23-2/h5,8-9,12-13H,3-4,6-7,10-11H2,1-2H3,(H,19,22). The lowest BCUT2D eigenvalue weighted by Crippen LogP contribution is -2.56. The van der Waals surface area contributed by atoms with Crippen molar-refractivity contribution in [3.63, 3.8) is 0 Å². The molecule has 1 aliphatic carbocycles. The van der Waals surface area contributed by atoms with E-state index in [1.54, 1.807) is 16.7 Å². The van der Waals surface area contributed by atoms with Crippen molar-refractivity contribution < 1.29 is 9.59 Å². The number of nitrogens with zero attached hydrogens (tertiary/aromatic N) is 1. The van der Waals surface area contributed by atoms with E-state index < -0.39 is 5.54 Å². The van der Waals surface area contributed by atoms with Gasteiger partial charge in [0.15, 0.2) is 0 Å². The quantitative estimate of drug-likeness (QED) is 0.860. The second kappa shape index (κ2) is 6.56. The smallest absolute Gasteiger partial charge is 0.246 e. The monoisotopic (exact) mass is 332 g/mol. The predicted molar refractivity (Wildman–Crippen MR) is 93.7 cm³/mol. The molecule has 1 saturated heterocycles. The van der Waals surface area contributed by atoms with Crippen LogP contribution in [0.4, 0.5) is 5.69 Å². The molecule has 1 atom stereocenters. The van der Waals surface area contributed by atoms with Crippen molar-refractivity contribution in [3.8, 4) is 0 Å². The molecule has 0 aromatic heterocycles. The predicted octanol–water partition coefficient (Wildman–Crippen LogP) is 3.35. The highest BCUT2D eigenvalue weighted by molar-refractivity contribution is 7.98. The second-order valence-electron chi connectivity index (χ2n) is 6.66. The Balaban J connectivity index is 1.86. The minimum Gasteiger partial charge on any atom is -0.351 e. The third-order valence-electron chi connectivity index (χ3n) is 5.06. The van der Waals surface area contributed by atoms with Crippen LogP contribution in [0.3, 0.4) is 0 Å². The molecular weight excluding hydrogens is 308 g/mol. The Morgan fingerprint density at radius 2 is 2.09 bits per heavy atom. The van der Waals surface area contributed by atoms with Gasteiger partial charge in [0.25, 0.3) is 0 Å². The number of benzene rings is 1. The normalized spacial score (nSPS) is 25.1. The van der Waals surface area contributed by atoms with Gasteiger partial charge in [-0.25, -0.2) is 0 Å². The summed E-state index contributed by atoms with van der Waals surface area (Å²) in [4.78, 5) is 28.2. The van der Waals surface area contributed by atoms with Gasteiger partial charge in [-0.1, -0.05) is 18.9 Å². The Kier molecular flexibility index (Phi) is 4.67. The summed E-state index contributed by atoms with van der Waals surface area (Å²) >= 11 is 1.64. The molecule has 1 aromatic rings. The van der Waals surface area contributed by atoms with E-state index in [1.165, 1.54) is 12.8 Å². The van der Waals surface area contributed by atoms with Crippen molar-refractivity contribution in [1.82, 2.24) is 5.32 Å². The van der Waals surface area contributed by atoms with Gasteiger partial charge in [-0.15, -0.1) is 11.8 Å². The van der Waals surface area contributed by atoms with Crippen LogP contribution in [-0.4, -0.2) is 29.7 Å². The van der Waals surface area contributed by atoms with Gasteiger partial charge in [-0.05, 0) is 50.6 Å². The zero-order chi connectivity index (χ0) is 16.4. The molecule has 4 nitrogen and oxygen atoms in total. The van der Waals surface area contributed by atoms with Crippen LogP contribution in [0.25, 0.3) is 0 Å². The van der Waals surface area contributed by atoms with E-state index in [4.69, 9.17) is 0 Å². The highest BCUT2D eigenvalue weighted by Gasteiger charge is 2.48. The van der Waals surface area contributed by atoms with E-state index >= 15 is 0 Å². The van der Waals surface area contributed by atoms with Crippen LogP contribution < -0.4 is 10.2 Å². The SMILES string of the molecule is CSc1cccc(N2C(=O)CCC2(C)C(=O)NC2CCCC2)c1. The molecule has 1 saturated carbocycles. The summed E-state index contributed by atoms with van der Waals surface area (Å²) in [6, 6.07) is 8.15. The third kappa shape index (κ3) is 3.11. The maximum absolute atomic E-state index is 12.9. The molecule has 124 valence electrons. The first-order valence-electron chi connectivity index (χ1n) is 8.33. The van der Waals surface area contributed by atoms with Crippen LogP contribution in [0.15, 0.2) is 29.2 Å². The minimum absolute atomic E-state index is 0.00944. The first kappa shape index (κ1) is 16.4. The lowest BCUT2D eigenvalue weighted by atomic mass is 9.96. The van der Waals surface area contributed by atoms with Crippen molar-refractivity contribution in [3.05, 3.63) is 24.3 Å². The fourth-order valence-electron chi connectivity index (χ4n) is 3.65. The van der Waals surface area contributed by atoms with Gasteiger partial charge in [-0.3, -0.25) is 14.5 Å². The van der Waals surface area contributed by atoms with Gasteiger partial charge in [0.2, 0.25) is 11.8 Å². The number of rotatable bonds is 4. The van der Waals surface area contributed by atoms with Gasteiger partial charge < -0.3 is 5.32 Å². The Bertz CT molecular complexity index is 613. The van der Waals surface area contributed by atoms with Gasteiger partial charge in [0.1, 0.15) is 5.54 Å². The number of nitrogens with one attached hydrogen (secondary N) is 1. The molecule has 1 heterocycles. The second-order valence-corrected chi connectivity index (χ2v) is 7.54. The minimum atomic E-state index is -0.781. The molecule has 0 radical (unpaired) electrons. The van der Waals surface area contributed by atoms with Crippen molar-refractivity contribution in [2.24, 2.45) is 0 Å². The Hall–Kier alpha value is -1.49. The average Bonchev–Trinajstić information content (AvgIpc) is 3.16. The zero-order valence-corrected chi connectivity index (χ0v) is 14.6. The number of carbonyl (C=O) groups excluding carboxylic acids is 2. The lowest BCUT2D eigenvalue weighted by Gasteiger charge is -2.35. The van der Waals surface area contributed by atoms with Gasteiger partial charge >= 0.3 is 0 Å². The van der Waals surface area contributed by atoms with E-state index in [9.17, 15) is 9.59 Å². The average molecular weight is 332 g/mol. The highest BCUT2D eigenvalue weighted by Crippen LogP contribution is 2.37. The maximum atomic E-state index is 12.9. The number of thioether (sulfide) groups is 1. The maximum Gasteiger partial charge on any atom is 0.246 e. The van der Waals surface area contributed by atoms with E-state index in [2.05, 4.69) is 5.32 Å². The Labute approximate surface area is 142 Å². The molecule has 3 rings (SSSR count). The summed E-state index contributed by atoms with van der Waals surface area (Å²) in [5.74, 6) is 0.0251. The fraction of sp³-hybridized carbons (Fsp3) is 0.556. The summed E-state index contributed by atoms with van der Waals surface area (Å²) in [5, 5.41) is 3.17. The van der Waals surface area contributed by atoms with E-state index in [1.807, 2.05) is 37.4 Å². The molecule has 5 heteroatoms. The number of hydrogen-bond donors (Lipinski definition) is 1. The van der Waals surface area contributed by atoms with Crippen LogP contribution in [0, 0.1) is 0 Å². The molecule has 2 amide bonds. The van der Waals surface area contributed by atoms with Crippen molar-refractivity contribution >= 4 is 29.3 Å². The number of anilines is 1. The van der Waals surface area contributed by atoms with E-state index in [-0.39, 0.29) is 17.9 Å². The highest BCUT2D eigenvalue weighted by atomic mass is 32.2. The van der Waals surface area contributed by atoms with Crippen molar-refractivity contribution in [1.29, 1.82) is 0 Å². The molecule has 1 unspecified atom stereocenters. The first-order valence-corrected chi connectivity index (χ1v) is 9.55. The summed E-state index contributed by atoms with van der Waals surface area (Å²) in [6.45, 7) is 1.90. The molecule has 23 heavy (non-hydrogen) atoms. The fourth-order valence-corrected chi connectivity index (χ4v) is 4.11. The summed E-state index contributed by atoms with van der Waals surface area (Å²) in [7, 11) is 0. The molecule has 1 aromatic carbocycles. The summed E-state index contributed by atoms with van der Waals surface area (Å²) < 4.78 is 0. The number of carbonyl (C=O) groups is 2. The van der Waals surface area contributed by atoms with Crippen LogP contribution in [-0.2, 0) is 9.59 Å². The van der Waals surface area contributed by atoms with Crippen molar-refractivity contribution in [2.75, 3.05) is 11.2 Å². The molecule has 2 aliphatic rings. The Morgan fingerprint density at radius 3 is 2.78 bits per heavy atom. The molecule has 0 spiro atoms. The number of amides is 2. The van der Waals surface area contributed by atoms with Crippen LogP contribution in [0.2, 0.25) is 0 Å². The van der Waals surface area contributed by atoms with Gasteiger partial charge in [0, 0.05) is 23.0 Å². The molecular formula is C18H24N2O2S. The summed E-state index contributed by atoms with van der Waals surface area (Å²) in [5.41, 5.74) is 0.0416. The largest absolute Gasteiger partial charge is 0.351 e. The molecule has 1 N–H and O–H groups in total. The lowest BCUT2D eigenvalue weighted by molar-refractivity contribution is -0.127. The summed E-state index contributed by atoms with van der Waals surface area (Å²) in [6.07, 6.45) is 7.48. The van der Waals surface area contributed by atoms with Crippen LogP contribution >= 0.6 is 11.8 Å². The van der Waals surface area contributed by atoms with Crippen molar-refractivity contribution in [2.45, 2.75) is 61.9 Å². The third-order valence-corrected chi connectivity index (χ3v) is 5.79. The van der Waals surface area contributed by atoms with E-state index in [0.717, 1.165) is 23.4 Å².